The van der Waals surface area contributed by atoms with E-state index in [2.05, 4.69) is 20.4 Å². The maximum atomic E-state index is 11.7. The minimum atomic E-state index is -0.796. The van der Waals surface area contributed by atoms with Gasteiger partial charge in [0, 0.05) is 25.9 Å². The smallest absolute Gasteiger partial charge is 0.318 e. The van der Waals surface area contributed by atoms with Gasteiger partial charge in [-0.25, -0.2) is 0 Å². The number of aliphatic carboxylic acids is 1. The fourth-order valence-corrected chi connectivity index (χ4v) is 2.53. The second kappa shape index (κ2) is 9.12. The summed E-state index contributed by atoms with van der Waals surface area (Å²) in [6, 6.07) is 0.530. The molecule has 1 fully saturated rings. The van der Waals surface area contributed by atoms with Gasteiger partial charge in [-0.15, -0.1) is 5.10 Å². The molecule has 0 unspecified atom stereocenters. The van der Waals surface area contributed by atoms with Crippen LogP contribution in [0.1, 0.15) is 57.3 Å². The highest BCUT2D eigenvalue weighted by molar-refractivity contribution is 5.75. The highest BCUT2D eigenvalue weighted by atomic mass is 16.4. The Morgan fingerprint density at radius 2 is 1.83 bits per heavy atom. The summed E-state index contributed by atoms with van der Waals surface area (Å²) in [6.45, 7) is 2.10. The van der Waals surface area contributed by atoms with Crippen LogP contribution in [0.2, 0.25) is 0 Å². The predicted molar refractivity (Wildman–Crippen MR) is 82.9 cm³/mol. The van der Waals surface area contributed by atoms with Gasteiger partial charge in [0.15, 0.2) is 0 Å². The first-order valence-electron chi connectivity index (χ1n) is 8.21. The molecule has 0 atom stereocenters. The molecule has 128 valence electrons. The molecule has 2 rings (SSSR count). The van der Waals surface area contributed by atoms with Gasteiger partial charge in [-0.2, -0.15) is 0 Å². The molecular formula is C15H24N4O4. The number of carboxylic acids is 1. The van der Waals surface area contributed by atoms with Crippen molar-refractivity contribution in [3.63, 3.8) is 0 Å². The Morgan fingerprint density at radius 1 is 1.09 bits per heavy atom. The van der Waals surface area contributed by atoms with E-state index in [1.54, 1.807) is 0 Å². The topological polar surface area (TPSA) is 109 Å². The van der Waals surface area contributed by atoms with E-state index in [0.29, 0.717) is 31.2 Å². The molecule has 2 heterocycles. The van der Waals surface area contributed by atoms with Gasteiger partial charge in [-0.3, -0.25) is 9.59 Å². The molecule has 1 amide bonds. The molecule has 0 radical (unpaired) electrons. The molecule has 0 aromatic carbocycles. The van der Waals surface area contributed by atoms with Gasteiger partial charge in [-0.1, -0.05) is 11.5 Å². The van der Waals surface area contributed by atoms with Crippen molar-refractivity contribution in [3.05, 3.63) is 5.89 Å². The molecule has 0 saturated carbocycles. The summed E-state index contributed by atoms with van der Waals surface area (Å²) in [5.74, 6) is -0.474. The summed E-state index contributed by atoms with van der Waals surface area (Å²) < 4.78 is 5.57. The number of unbranched alkanes of at least 4 members (excludes halogenated alkanes) is 2. The van der Waals surface area contributed by atoms with Crippen LogP contribution in [0.5, 0.6) is 0 Å². The van der Waals surface area contributed by atoms with E-state index in [1.807, 2.05) is 0 Å². The largest absolute Gasteiger partial charge is 0.481 e. The molecule has 8 heteroatoms. The van der Waals surface area contributed by atoms with Crippen LogP contribution in [0.4, 0.5) is 6.01 Å². The normalized spacial score (nSPS) is 14.7. The SMILES string of the molecule is O=C(O)CCCCCC(=O)NCc1nnc(N2CCCCC2)o1. The van der Waals surface area contributed by atoms with Crippen molar-refractivity contribution in [3.8, 4) is 0 Å². The third kappa shape index (κ3) is 6.25. The monoisotopic (exact) mass is 324 g/mol. The Hall–Kier alpha value is -2.12. The quantitative estimate of drug-likeness (QED) is 0.666. The molecule has 23 heavy (non-hydrogen) atoms. The van der Waals surface area contributed by atoms with E-state index in [9.17, 15) is 9.59 Å². The number of rotatable bonds is 9. The number of aromatic nitrogens is 2. The summed E-state index contributed by atoms with van der Waals surface area (Å²) in [4.78, 5) is 24.1. The van der Waals surface area contributed by atoms with Crippen LogP contribution in [0.15, 0.2) is 4.42 Å². The lowest BCUT2D eigenvalue weighted by atomic mass is 10.1. The lowest BCUT2D eigenvalue weighted by Gasteiger charge is -2.24. The van der Waals surface area contributed by atoms with Crippen LogP contribution in [-0.2, 0) is 16.1 Å². The number of carboxylic acid groups (broad SMARTS) is 1. The fourth-order valence-electron chi connectivity index (χ4n) is 2.53. The Labute approximate surface area is 135 Å². The molecule has 0 bridgehead atoms. The molecule has 1 aromatic heterocycles. The van der Waals surface area contributed by atoms with Gasteiger partial charge in [0.05, 0.1) is 6.54 Å². The van der Waals surface area contributed by atoms with Crippen LogP contribution in [-0.4, -0.2) is 40.3 Å². The average molecular weight is 324 g/mol. The zero-order valence-electron chi connectivity index (χ0n) is 13.3. The molecule has 8 nitrogen and oxygen atoms in total. The van der Waals surface area contributed by atoms with Gasteiger partial charge >= 0.3 is 12.0 Å². The summed E-state index contributed by atoms with van der Waals surface area (Å²) in [6.07, 6.45) is 6.06. The van der Waals surface area contributed by atoms with Crippen molar-refractivity contribution < 1.29 is 19.1 Å². The number of nitrogens with zero attached hydrogens (tertiary/aromatic N) is 3. The maximum absolute atomic E-state index is 11.7. The van der Waals surface area contributed by atoms with Crippen molar-refractivity contribution in [1.82, 2.24) is 15.5 Å². The van der Waals surface area contributed by atoms with E-state index in [-0.39, 0.29) is 18.9 Å². The van der Waals surface area contributed by atoms with Crippen molar-refractivity contribution >= 4 is 17.9 Å². The summed E-state index contributed by atoms with van der Waals surface area (Å²) >= 11 is 0. The number of carbonyl (C=O) groups is 2. The first-order chi connectivity index (χ1) is 11.1. The zero-order valence-corrected chi connectivity index (χ0v) is 13.3. The van der Waals surface area contributed by atoms with Gasteiger partial charge in [0.2, 0.25) is 11.8 Å². The molecule has 1 aromatic rings. The van der Waals surface area contributed by atoms with Gasteiger partial charge in [0.1, 0.15) is 0 Å². The standard InChI is InChI=1S/C15H24N4O4/c20-12(7-3-1-4-8-14(21)22)16-11-13-17-18-15(23-13)19-9-5-2-6-10-19/h1-11H2,(H,16,20)(H,21,22). The number of amides is 1. The molecule has 1 saturated heterocycles. The first kappa shape index (κ1) is 17.2. The molecule has 1 aliphatic heterocycles. The Kier molecular flexibility index (Phi) is 6.83. The van der Waals surface area contributed by atoms with Crippen LogP contribution >= 0.6 is 0 Å². The van der Waals surface area contributed by atoms with Crippen molar-refractivity contribution in [2.24, 2.45) is 0 Å². The number of anilines is 1. The Bertz CT molecular complexity index is 511. The summed E-state index contributed by atoms with van der Waals surface area (Å²) in [7, 11) is 0. The Morgan fingerprint density at radius 3 is 2.57 bits per heavy atom. The lowest BCUT2D eigenvalue weighted by Crippen LogP contribution is -2.29. The van der Waals surface area contributed by atoms with Crippen molar-refractivity contribution in [2.75, 3.05) is 18.0 Å². The second-order valence-corrected chi connectivity index (χ2v) is 5.76. The van der Waals surface area contributed by atoms with Crippen LogP contribution < -0.4 is 10.2 Å². The van der Waals surface area contributed by atoms with Gasteiger partial charge < -0.3 is 19.7 Å². The van der Waals surface area contributed by atoms with Crippen LogP contribution in [0.25, 0.3) is 0 Å². The van der Waals surface area contributed by atoms with Gasteiger partial charge in [-0.05, 0) is 32.1 Å². The number of hydrogen-bond donors (Lipinski definition) is 2. The lowest BCUT2D eigenvalue weighted by molar-refractivity contribution is -0.137. The van der Waals surface area contributed by atoms with E-state index in [0.717, 1.165) is 32.4 Å². The fraction of sp³-hybridized carbons (Fsp3) is 0.733. The van der Waals surface area contributed by atoms with Crippen LogP contribution in [0, 0.1) is 0 Å². The van der Waals surface area contributed by atoms with E-state index < -0.39 is 5.97 Å². The van der Waals surface area contributed by atoms with Gasteiger partial charge in [0.25, 0.3) is 0 Å². The highest BCUT2D eigenvalue weighted by Crippen LogP contribution is 2.17. The Balaban J connectivity index is 1.62. The summed E-state index contributed by atoms with van der Waals surface area (Å²) in [5, 5.41) is 19.2. The third-order valence-corrected chi connectivity index (χ3v) is 3.81. The molecular weight excluding hydrogens is 300 g/mol. The molecule has 2 N–H and O–H groups in total. The van der Waals surface area contributed by atoms with E-state index in [1.165, 1.54) is 6.42 Å². The first-order valence-corrected chi connectivity index (χ1v) is 8.21. The van der Waals surface area contributed by atoms with Crippen LogP contribution in [0.3, 0.4) is 0 Å². The minimum absolute atomic E-state index is 0.0851. The van der Waals surface area contributed by atoms with E-state index >= 15 is 0 Å². The third-order valence-electron chi connectivity index (χ3n) is 3.81. The molecule has 0 spiro atoms. The number of hydrogen-bond acceptors (Lipinski definition) is 6. The highest BCUT2D eigenvalue weighted by Gasteiger charge is 2.17. The maximum Gasteiger partial charge on any atom is 0.318 e. The zero-order chi connectivity index (χ0) is 16.5. The van der Waals surface area contributed by atoms with Crippen molar-refractivity contribution in [1.29, 1.82) is 0 Å². The minimum Gasteiger partial charge on any atom is -0.481 e. The van der Waals surface area contributed by atoms with E-state index in [4.69, 9.17) is 9.52 Å². The summed E-state index contributed by atoms with van der Waals surface area (Å²) in [5.41, 5.74) is 0. The average Bonchev–Trinajstić information content (AvgIpc) is 3.02. The number of carbonyl (C=O) groups excluding carboxylic acids is 1. The molecule has 0 aliphatic carbocycles. The predicted octanol–water partition coefficient (Wildman–Crippen LogP) is 1.71. The second-order valence-electron chi connectivity index (χ2n) is 5.76. The number of piperidine rings is 1. The number of nitrogens with one attached hydrogen (secondary N) is 1. The van der Waals surface area contributed by atoms with Crippen molar-refractivity contribution in [2.45, 2.75) is 57.9 Å². The molecule has 1 aliphatic rings.